The molecule has 114 valence electrons. The highest BCUT2D eigenvalue weighted by Gasteiger charge is 2.06. The van der Waals surface area contributed by atoms with Gasteiger partial charge in [0.2, 0.25) is 0 Å². The van der Waals surface area contributed by atoms with E-state index in [1.807, 2.05) is 0 Å². The summed E-state index contributed by atoms with van der Waals surface area (Å²) >= 11 is 0. The molecule has 0 saturated heterocycles. The van der Waals surface area contributed by atoms with Crippen LogP contribution < -0.4 is 10.2 Å². The van der Waals surface area contributed by atoms with Gasteiger partial charge in [0.25, 0.3) is 0 Å². The molecule has 1 aromatic rings. The molecule has 4 heteroatoms. The minimum atomic E-state index is 0.742. The fourth-order valence-corrected chi connectivity index (χ4v) is 2.07. The maximum atomic E-state index is 5.19. The topological polar surface area (TPSA) is 33.7 Å². The lowest BCUT2D eigenvalue weighted by atomic mass is 10.2. The predicted molar refractivity (Wildman–Crippen MR) is 84.4 cm³/mol. The molecule has 0 aromatic heterocycles. The van der Waals surface area contributed by atoms with Crippen LogP contribution in [-0.4, -0.2) is 47.1 Å². The highest BCUT2D eigenvalue weighted by Crippen LogP contribution is 2.15. The fraction of sp³-hybridized carbons (Fsp3) is 0.625. The van der Waals surface area contributed by atoms with Crippen LogP contribution in [0, 0.1) is 0 Å². The van der Waals surface area contributed by atoms with Gasteiger partial charge in [0, 0.05) is 46.1 Å². The first-order chi connectivity index (χ1) is 9.81. The Morgan fingerprint density at radius 3 is 2.30 bits per heavy atom. The predicted octanol–water partition coefficient (Wildman–Crippen LogP) is 2.29. The third kappa shape index (κ3) is 6.37. The van der Waals surface area contributed by atoms with Crippen molar-refractivity contribution in [2.75, 3.05) is 52.0 Å². The van der Waals surface area contributed by atoms with Gasteiger partial charge < -0.3 is 19.7 Å². The van der Waals surface area contributed by atoms with Gasteiger partial charge in [0.15, 0.2) is 0 Å². The maximum Gasteiger partial charge on any atom is 0.0637 e. The fourth-order valence-electron chi connectivity index (χ4n) is 2.07. The van der Waals surface area contributed by atoms with E-state index in [2.05, 4.69) is 41.4 Å². The maximum absolute atomic E-state index is 5.19. The van der Waals surface area contributed by atoms with Crippen molar-refractivity contribution >= 4 is 5.69 Å². The Labute approximate surface area is 123 Å². The zero-order valence-electron chi connectivity index (χ0n) is 13.0. The molecule has 0 aliphatic heterocycles. The van der Waals surface area contributed by atoms with E-state index in [9.17, 15) is 0 Å². The number of rotatable bonds is 11. The van der Waals surface area contributed by atoms with Crippen molar-refractivity contribution in [1.82, 2.24) is 5.32 Å². The molecule has 1 rings (SSSR count). The lowest BCUT2D eigenvalue weighted by Gasteiger charge is -2.24. The van der Waals surface area contributed by atoms with Gasteiger partial charge in [0.1, 0.15) is 0 Å². The number of anilines is 1. The van der Waals surface area contributed by atoms with E-state index in [4.69, 9.17) is 9.47 Å². The summed E-state index contributed by atoms with van der Waals surface area (Å²) in [7, 11) is 3.49. The van der Waals surface area contributed by atoms with E-state index < -0.39 is 0 Å². The van der Waals surface area contributed by atoms with Crippen molar-refractivity contribution in [2.45, 2.75) is 19.9 Å². The van der Waals surface area contributed by atoms with Gasteiger partial charge in [-0.05, 0) is 30.7 Å². The number of nitrogens with one attached hydrogen (secondary N) is 1. The first-order valence-corrected chi connectivity index (χ1v) is 7.34. The highest BCUT2D eigenvalue weighted by molar-refractivity contribution is 5.47. The van der Waals surface area contributed by atoms with Crippen LogP contribution in [0.4, 0.5) is 5.69 Å². The molecule has 0 aliphatic carbocycles. The zero-order valence-corrected chi connectivity index (χ0v) is 13.0. The number of hydrogen-bond acceptors (Lipinski definition) is 4. The quantitative estimate of drug-likeness (QED) is 0.631. The van der Waals surface area contributed by atoms with E-state index >= 15 is 0 Å². The van der Waals surface area contributed by atoms with Gasteiger partial charge in [-0.2, -0.15) is 0 Å². The molecule has 0 bridgehead atoms. The average Bonchev–Trinajstić information content (AvgIpc) is 2.49. The van der Waals surface area contributed by atoms with Gasteiger partial charge >= 0.3 is 0 Å². The minimum absolute atomic E-state index is 0.742. The van der Waals surface area contributed by atoms with Crippen molar-refractivity contribution in [3.05, 3.63) is 29.8 Å². The van der Waals surface area contributed by atoms with E-state index in [1.54, 1.807) is 14.2 Å². The molecule has 0 radical (unpaired) electrons. The van der Waals surface area contributed by atoms with Crippen molar-refractivity contribution in [3.63, 3.8) is 0 Å². The smallest absolute Gasteiger partial charge is 0.0637 e. The monoisotopic (exact) mass is 280 g/mol. The molecule has 0 fully saturated rings. The number of hydrogen-bond donors (Lipinski definition) is 1. The first-order valence-electron chi connectivity index (χ1n) is 7.34. The molecule has 20 heavy (non-hydrogen) atoms. The molecule has 4 nitrogen and oxygen atoms in total. The Hall–Kier alpha value is -1.10. The molecule has 0 aliphatic rings. The van der Waals surface area contributed by atoms with Crippen LogP contribution in [0.3, 0.4) is 0 Å². The number of benzene rings is 1. The van der Waals surface area contributed by atoms with E-state index in [0.717, 1.165) is 45.8 Å². The van der Waals surface area contributed by atoms with Gasteiger partial charge in [-0.1, -0.05) is 19.1 Å². The lowest BCUT2D eigenvalue weighted by molar-refractivity contribution is 0.191. The minimum Gasteiger partial charge on any atom is -0.385 e. The normalized spacial score (nSPS) is 10.8. The van der Waals surface area contributed by atoms with E-state index in [0.29, 0.717) is 0 Å². The van der Waals surface area contributed by atoms with Crippen LogP contribution >= 0.6 is 0 Å². The Bertz CT molecular complexity index is 341. The van der Waals surface area contributed by atoms with Crippen molar-refractivity contribution in [1.29, 1.82) is 0 Å². The molecule has 0 amide bonds. The lowest BCUT2D eigenvalue weighted by Crippen LogP contribution is -2.29. The van der Waals surface area contributed by atoms with E-state index in [1.165, 1.54) is 11.3 Å². The number of nitrogens with zero attached hydrogens (tertiary/aromatic N) is 1. The zero-order chi connectivity index (χ0) is 14.6. The van der Waals surface area contributed by atoms with Crippen molar-refractivity contribution < 1.29 is 9.47 Å². The molecule has 0 atom stereocenters. The van der Waals surface area contributed by atoms with Gasteiger partial charge in [0.05, 0.1) is 6.61 Å². The number of ether oxygens (including phenoxy) is 2. The van der Waals surface area contributed by atoms with Crippen LogP contribution in [0.25, 0.3) is 0 Å². The standard InChI is InChI=1S/C16H28N2O2/c1-4-17-14-15-6-8-16(9-7-15)18(11-13-20-3)10-5-12-19-2/h6-9,17H,4-5,10-14H2,1-3H3. The van der Waals surface area contributed by atoms with Crippen LogP contribution in [0.1, 0.15) is 18.9 Å². The Morgan fingerprint density at radius 1 is 1.00 bits per heavy atom. The van der Waals surface area contributed by atoms with Crippen LogP contribution in [0.5, 0.6) is 0 Å². The first kappa shape index (κ1) is 17.0. The highest BCUT2D eigenvalue weighted by atomic mass is 16.5. The van der Waals surface area contributed by atoms with E-state index in [-0.39, 0.29) is 0 Å². The summed E-state index contributed by atoms with van der Waals surface area (Å²) in [6.07, 6.45) is 1.03. The van der Waals surface area contributed by atoms with Crippen LogP contribution in [-0.2, 0) is 16.0 Å². The summed E-state index contributed by atoms with van der Waals surface area (Å²) in [4.78, 5) is 2.35. The van der Waals surface area contributed by atoms with Crippen LogP contribution in [0.15, 0.2) is 24.3 Å². The summed E-state index contributed by atoms with van der Waals surface area (Å²) in [6, 6.07) is 8.76. The third-order valence-electron chi connectivity index (χ3n) is 3.22. The average molecular weight is 280 g/mol. The molecule has 0 spiro atoms. The molecule has 0 heterocycles. The summed E-state index contributed by atoms with van der Waals surface area (Å²) in [5, 5.41) is 3.34. The summed E-state index contributed by atoms with van der Waals surface area (Å²) in [5.74, 6) is 0. The largest absolute Gasteiger partial charge is 0.385 e. The molecule has 0 saturated carbocycles. The molecule has 0 unspecified atom stereocenters. The van der Waals surface area contributed by atoms with Crippen LogP contribution in [0.2, 0.25) is 0 Å². The van der Waals surface area contributed by atoms with Gasteiger partial charge in [-0.3, -0.25) is 0 Å². The SMILES string of the molecule is CCNCc1ccc(N(CCCOC)CCOC)cc1. The summed E-state index contributed by atoms with van der Waals surface area (Å²) in [5.41, 5.74) is 2.57. The number of methoxy groups -OCH3 is 2. The second-order valence-electron chi connectivity index (χ2n) is 4.77. The second-order valence-corrected chi connectivity index (χ2v) is 4.77. The molecule has 1 aromatic carbocycles. The molecular weight excluding hydrogens is 252 g/mol. The van der Waals surface area contributed by atoms with Gasteiger partial charge in [-0.25, -0.2) is 0 Å². The molecular formula is C16H28N2O2. The summed E-state index contributed by atoms with van der Waals surface area (Å²) in [6.45, 7) is 7.48. The van der Waals surface area contributed by atoms with Crippen molar-refractivity contribution in [2.24, 2.45) is 0 Å². The Balaban J connectivity index is 2.58. The molecule has 1 N–H and O–H groups in total. The third-order valence-corrected chi connectivity index (χ3v) is 3.22. The van der Waals surface area contributed by atoms with Gasteiger partial charge in [-0.15, -0.1) is 0 Å². The second kappa shape index (κ2) is 10.7. The Kier molecular flexibility index (Phi) is 9.04. The summed E-state index contributed by atoms with van der Waals surface area (Å²) < 4.78 is 10.3. The van der Waals surface area contributed by atoms with Crippen molar-refractivity contribution in [3.8, 4) is 0 Å². The Morgan fingerprint density at radius 2 is 1.70 bits per heavy atom.